The molecule has 2 rings (SSSR count). The van der Waals surface area contributed by atoms with Crippen molar-refractivity contribution in [2.24, 2.45) is 5.73 Å². The van der Waals surface area contributed by atoms with Crippen LogP contribution in [0.1, 0.15) is 16.7 Å². The monoisotopic (exact) mass is 295 g/mol. The number of pyridine rings is 1. The first-order valence-electron chi connectivity index (χ1n) is 6.42. The van der Waals surface area contributed by atoms with Crippen LogP contribution in [0.4, 0.5) is 18.9 Å². The van der Waals surface area contributed by atoms with Gasteiger partial charge in [-0.2, -0.15) is 13.2 Å². The molecule has 0 aliphatic carbocycles. The molecular formula is C15H16F3N3. The van der Waals surface area contributed by atoms with E-state index in [1.54, 1.807) is 12.4 Å². The number of nitrogens with two attached hydrogens (primary N) is 1. The van der Waals surface area contributed by atoms with Crippen LogP contribution in [0.2, 0.25) is 0 Å². The van der Waals surface area contributed by atoms with Gasteiger partial charge in [-0.3, -0.25) is 4.98 Å². The van der Waals surface area contributed by atoms with Gasteiger partial charge in [-0.1, -0.05) is 6.07 Å². The van der Waals surface area contributed by atoms with E-state index in [1.807, 2.05) is 24.1 Å². The first-order valence-corrected chi connectivity index (χ1v) is 6.42. The van der Waals surface area contributed by atoms with Crippen LogP contribution in [0.25, 0.3) is 0 Å². The van der Waals surface area contributed by atoms with Crippen molar-refractivity contribution in [1.82, 2.24) is 4.98 Å². The molecule has 0 unspecified atom stereocenters. The summed E-state index contributed by atoms with van der Waals surface area (Å²) in [4.78, 5) is 5.87. The third-order valence-corrected chi connectivity index (χ3v) is 3.20. The van der Waals surface area contributed by atoms with Gasteiger partial charge in [0, 0.05) is 38.2 Å². The Balaban J connectivity index is 2.24. The standard InChI is InChI=1S/C15H16F3N3/c1-21(10-11-3-2-6-20-9-11)13-4-5-14(15(16,17)18)12(7-13)8-19/h2-7,9H,8,10,19H2,1H3. The van der Waals surface area contributed by atoms with Gasteiger partial charge in [0.1, 0.15) is 0 Å². The Bertz CT molecular complexity index is 597. The van der Waals surface area contributed by atoms with Crippen LogP contribution >= 0.6 is 0 Å². The van der Waals surface area contributed by atoms with E-state index in [1.165, 1.54) is 12.1 Å². The topological polar surface area (TPSA) is 42.2 Å². The van der Waals surface area contributed by atoms with E-state index in [0.29, 0.717) is 12.2 Å². The molecule has 0 radical (unpaired) electrons. The lowest BCUT2D eigenvalue weighted by Gasteiger charge is -2.21. The predicted octanol–water partition coefficient (Wildman–Crippen LogP) is 3.20. The molecule has 0 aliphatic heterocycles. The summed E-state index contributed by atoms with van der Waals surface area (Å²) in [5.74, 6) is 0. The van der Waals surface area contributed by atoms with E-state index in [4.69, 9.17) is 5.73 Å². The maximum Gasteiger partial charge on any atom is 0.416 e. The molecule has 0 aliphatic rings. The van der Waals surface area contributed by atoms with E-state index in [0.717, 1.165) is 11.6 Å². The highest BCUT2D eigenvalue weighted by molar-refractivity contribution is 5.51. The molecule has 0 amide bonds. The van der Waals surface area contributed by atoms with Crippen LogP contribution in [0.15, 0.2) is 42.7 Å². The Morgan fingerprint density at radius 1 is 1.24 bits per heavy atom. The van der Waals surface area contributed by atoms with Crippen molar-refractivity contribution < 1.29 is 13.2 Å². The summed E-state index contributed by atoms with van der Waals surface area (Å²) in [6.45, 7) is 0.409. The average Bonchev–Trinajstić information content (AvgIpc) is 2.46. The van der Waals surface area contributed by atoms with Crippen molar-refractivity contribution in [3.63, 3.8) is 0 Å². The largest absolute Gasteiger partial charge is 0.416 e. The number of alkyl halides is 3. The summed E-state index contributed by atoms with van der Waals surface area (Å²) in [5.41, 5.74) is 6.53. The zero-order chi connectivity index (χ0) is 15.5. The summed E-state index contributed by atoms with van der Waals surface area (Å²) < 4.78 is 38.5. The Kier molecular flexibility index (Phi) is 4.47. The molecule has 1 aromatic carbocycles. The van der Waals surface area contributed by atoms with Gasteiger partial charge >= 0.3 is 6.18 Å². The van der Waals surface area contributed by atoms with E-state index < -0.39 is 11.7 Å². The predicted molar refractivity (Wildman–Crippen MR) is 75.7 cm³/mol. The van der Waals surface area contributed by atoms with Gasteiger partial charge in [0.2, 0.25) is 0 Å². The first kappa shape index (κ1) is 15.3. The minimum absolute atomic E-state index is 0.0954. The van der Waals surface area contributed by atoms with E-state index in [2.05, 4.69) is 4.98 Å². The average molecular weight is 295 g/mol. The van der Waals surface area contributed by atoms with Crippen molar-refractivity contribution in [3.05, 3.63) is 59.4 Å². The molecule has 0 saturated carbocycles. The van der Waals surface area contributed by atoms with Gasteiger partial charge in [-0.05, 0) is 35.4 Å². The molecule has 0 spiro atoms. The molecule has 1 heterocycles. The second-order valence-electron chi connectivity index (χ2n) is 4.76. The van der Waals surface area contributed by atoms with Crippen LogP contribution in [-0.2, 0) is 19.3 Å². The highest BCUT2D eigenvalue weighted by Gasteiger charge is 2.33. The minimum atomic E-state index is -4.38. The first-order chi connectivity index (χ1) is 9.91. The Labute approximate surface area is 121 Å². The van der Waals surface area contributed by atoms with Gasteiger partial charge < -0.3 is 10.6 Å². The normalized spacial score (nSPS) is 11.5. The van der Waals surface area contributed by atoms with E-state index >= 15 is 0 Å². The quantitative estimate of drug-likeness (QED) is 0.942. The second-order valence-corrected chi connectivity index (χ2v) is 4.76. The smallest absolute Gasteiger partial charge is 0.370 e. The number of benzene rings is 1. The summed E-state index contributed by atoms with van der Waals surface area (Å²) in [7, 11) is 1.82. The summed E-state index contributed by atoms with van der Waals surface area (Å²) in [6, 6.07) is 7.76. The molecule has 0 saturated heterocycles. The molecule has 21 heavy (non-hydrogen) atoms. The van der Waals surface area contributed by atoms with Crippen LogP contribution in [-0.4, -0.2) is 12.0 Å². The lowest BCUT2D eigenvalue weighted by molar-refractivity contribution is -0.138. The fourth-order valence-electron chi connectivity index (χ4n) is 2.12. The number of hydrogen-bond donors (Lipinski definition) is 1. The van der Waals surface area contributed by atoms with Crippen molar-refractivity contribution in [2.45, 2.75) is 19.3 Å². The highest BCUT2D eigenvalue weighted by Crippen LogP contribution is 2.33. The van der Waals surface area contributed by atoms with Gasteiger partial charge in [0.05, 0.1) is 5.56 Å². The number of hydrogen-bond acceptors (Lipinski definition) is 3. The molecule has 3 nitrogen and oxygen atoms in total. The third-order valence-electron chi connectivity index (χ3n) is 3.20. The summed E-state index contributed by atoms with van der Waals surface area (Å²) in [5, 5.41) is 0. The zero-order valence-corrected chi connectivity index (χ0v) is 11.6. The summed E-state index contributed by atoms with van der Waals surface area (Å²) in [6.07, 6.45) is -0.978. The zero-order valence-electron chi connectivity index (χ0n) is 11.6. The van der Waals surface area contributed by atoms with Gasteiger partial charge in [0.25, 0.3) is 0 Å². The van der Waals surface area contributed by atoms with E-state index in [-0.39, 0.29) is 12.1 Å². The van der Waals surface area contributed by atoms with E-state index in [9.17, 15) is 13.2 Å². The third kappa shape index (κ3) is 3.72. The fourth-order valence-corrected chi connectivity index (χ4v) is 2.12. The molecule has 0 atom stereocenters. The van der Waals surface area contributed by atoms with Crippen molar-refractivity contribution >= 4 is 5.69 Å². The highest BCUT2D eigenvalue weighted by atomic mass is 19.4. The maximum atomic E-state index is 12.8. The molecule has 2 aromatic rings. The van der Waals surface area contributed by atoms with Crippen LogP contribution in [0.3, 0.4) is 0 Å². The molecule has 1 aromatic heterocycles. The lowest BCUT2D eigenvalue weighted by atomic mass is 10.1. The van der Waals surface area contributed by atoms with Gasteiger partial charge in [-0.25, -0.2) is 0 Å². The molecule has 2 N–H and O–H groups in total. The number of rotatable bonds is 4. The van der Waals surface area contributed by atoms with Gasteiger partial charge in [0.15, 0.2) is 0 Å². The van der Waals surface area contributed by atoms with Crippen molar-refractivity contribution in [1.29, 1.82) is 0 Å². The maximum absolute atomic E-state index is 12.8. The summed E-state index contributed by atoms with van der Waals surface area (Å²) >= 11 is 0. The molecule has 0 bridgehead atoms. The Hall–Kier alpha value is -2.08. The van der Waals surface area contributed by atoms with Gasteiger partial charge in [-0.15, -0.1) is 0 Å². The number of nitrogens with zero attached hydrogens (tertiary/aromatic N) is 2. The SMILES string of the molecule is CN(Cc1cccnc1)c1ccc(C(F)(F)F)c(CN)c1. The van der Waals surface area contributed by atoms with Crippen LogP contribution < -0.4 is 10.6 Å². The van der Waals surface area contributed by atoms with Crippen molar-refractivity contribution in [2.75, 3.05) is 11.9 Å². The second kappa shape index (κ2) is 6.13. The fraction of sp³-hybridized carbons (Fsp3) is 0.267. The van der Waals surface area contributed by atoms with Crippen LogP contribution in [0.5, 0.6) is 0 Å². The number of anilines is 1. The molecule has 6 heteroatoms. The Morgan fingerprint density at radius 3 is 2.57 bits per heavy atom. The molecule has 112 valence electrons. The Morgan fingerprint density at radius 2 is 2.00 bits per heavy atom. The molecular weight excluding hydrogens is 279 g/mol. The number of halogens is 3. The van der Waals surface area contributed by atoms with Crippen LogP contribution in [0, 0.1) is 0 Å². The molecule has 0 fully saturated rings. The van der Waals surface area contributed by atoms with Crippen molar-refractivity contribution in [3.8, 4) is 0 Å². The minimum Gasteiger partial charge on any atom is -0.370 e. The lowest BCUT2D eigenvalue weighted by Crippen LogP contribution is -2.18. The number of aromatic nitrogens is 1.